The zero-order chi connectivity index (χ0) is 20.1. The highest BCUT2D eigenvalue weighted by Crippen LogP contribution is 2.27. The van der Waals surface area contributed by atoms with E-state index in [-0.39, 0.29) is 23.3 Å². The number of ether oxygens (including phenoxy) is 1. The molecule has 0 radical (unpaired) electrons. The monoisotopic (exact) mass is 380 g/mol. The van der Waals surface area contributed by atoms with Crippen LogP contribution in [0.2, 0.25) is 0 Å². The van der Waals surface area contributed by atoms with E-state index in [0.717, 1.165) is 5.56 Å². The molecule has 1 unspecified atom stereocenters. The third kappa shape index (κ3) is 4.98. The smallest absolute Gasteiger partial charge is 0.254 e. The number of morpholine rings is 1. The molecule has 2 aromatic carbocycles. The van der Waals surface area contributed by atoms with E-state index >= 15 is 0 Å². The molecule has 0 spiro atoms. The highest BCUT2D eigenvalue weighted by Gasteiger charge is 2.25. The van der Waals surface area contributed by atoms with Crippen LogP contribution in [0.3, 0.4) is 0 Å². The fraction of sp³-hybridized carbons (Fsp3) is 0.391. The number of hydrogen-bond donors (Lipinski definition) is 1. The van der Waals surface area contributed by atoms with E-state index < -0.39 is 0 Å². The number of carbonyl (C=O) groups is 2. The summed E-state index contributed by atoms with van der Waals surface area (Å²) in [5.41, 5.74) is 2.19. The van der Waals surface area contributed by atoms with Crippen molar-refractivity contribution in [1.29, 1.82) is 0 Å². The molecule has 2 aromatic rings. The van der Waals surface area contributed by atoms with E-state index in [2.05, 4.69) is 19.2 Å². The number of nitrogens with one attached hydrogen (secondary N) is 1. The molecule has 1 N–H and O–H groups in total. The Bertz CT molecular complexity index is 816. The minimum atomic E-state index is -0.256. The van der Waals surface area contributed by atoms with E-state index in [1.807, 2.05) is 42.2 Å². The fourth-order valence-corrected chi connectivity index (χ4v) is 3.48. The average Bonchev–Trinajstić information content (AvgIpc) is 2.68. The lowest BCUT2D eigenvalue weighted by Crippen LogP contribution is -2.44. The first kappa shape index (κ1) is 20.1. The Labute approximate surface area is 166 Å². The molecule has 1 heterocycles. The Morgan fingerprint density at radius 3 is 2.43 bits per heavy atom. The van der Waals surface area contributed by atoms with Crippen LogP contribution >= 0.6 is 0 Å². The zero-order valence-corrected chi connectivity index (χ0v) is 16.8. The quantitative estimate of drug-likeness (QED) is 0.857. The van der Waals surface area contributed by atoms with Crippen LogP contribution in [0.1, 0.15) is 43.1 Å². The number of hydrogen-bond acceptors (Lipinski definition) is 3. The van der Waals surface area contributed by atoms with E-state index in [1.54, 1.807) is 24.3 Å². The van der Waals surface area contributed by atoms with Gasteiger partial charge in [0, 0.05) is 30.8 Å². The molecule has 5 heteroatoms. The van der Waals surface area contributed by atoms with Crippen LogP contribution in [0.4, 0.5) is 5.69 Å². The largest absolute Gasteiger partial charge is 0.375 e. The van der Waals surface area contributed by atoms with Crippen LogP contribution < -0.4 is 5.32 Å². The van der Waals surface area contributed by atoms with Crippen molar-refractivity contribution in [2.45, 2.75) is 38.7 Å². The Balaban J connectivity index is 1.59. The molecule has 1 aliphatic rings. The minimum absolute atomic E-state index is 0.00163. The first-order valence-corrected chi connectivity index (χ1v) is 9.71. The standard InChI is InChI=1S/C23H28N2O3/c1-17-16-25(13-14-28-17)22(27)18-9-11-20(12-10-18)24-21(26)15-23(2,3)19-7-5-4-6-8-19/h4-12,17H,13-16H2,1-3H3,(H,24,26). The maximum absolute atomic E-state index is 12.6. The molecule has 0 aromatic heterocycles. The van der Waals surface area contributed by atoms with Gasteiger partial charge in [-0.1, -0.05) is 44.2 Å². The van der Waals surface area contributed by atoms with Gasteiger partial charge in [-0.25, -0.2) is 0 Å². The van der Waals surface area contributed by atoms with Crippen molar-refractivity contribution < 1.29 is 14.3 Å². The highest BCUT2D eigenvalue weighted by atomic mass is 16.5. The normalized spacial score (nSPS) is 17.2. The molecule has 0 saturated carbocycles. The van der Waals surface area contributed by atoms with Gasteiger partial charge in [-0.15, -0.1) is 0 Å². The van der Waals surface area contributed by atoms with Crippen LogP contribution in [-0.2, 0) is 14.9 Å². The number of carbonyl (C=O) groups excluding carboxylic acids is 2. The summed E-state index contributed by atoms with van der Waals surface area (Å²) in [6.07, 6.45) is 0.438. The van der Waals surface area contributed by atoms with Crippen molar-refractivity contribution in [2.75, 3.05) is 25.0 Å². The first-order chi connectivity index (χ1) is 13.3. The van der Waals surface area contributed by atoms with Gasteiger partial charge in [0.25, 0.3) is 5.91 Å². The average molecular weight is 380 g/mol. The third-order valence-electron chi connectivity index (χ3n) is 5.10. The van der Waals surface area contributed by atoms with Crippen molar-refractivity contribution in [3.05, 3.63) is 65.7 Å². The Morgan fingerprint density at radius 2 is 1.79 bits per heavy atom. The van der Waals surface area contributed by atoms with Gasteiger partial charge >= 0.3 is 0 Å². The number of benzene rings is 2. The first-order valence-electron chi connectivity index (χ1n) is 9.71. The van der Waals surface area contributed by atoms with Crippen molar-refractivity contribution in [3.8, 4) is 0 Å². The number of anilines is 1. The summed E-state index contributed by atoms with van der Waals surface area (Å²) in [4.78, 5) is 26.9. The van der Waals surface area contributed by atoms with Gasteiger partial charge in [-0.2, -0.15) is 0 Å². The summed E-state index contributed by atoms with van der Waals surface area (Å²) < 4.78 is 5.49. The molecule has 1 atom stereocenters. The predicted molar refractivity (Wildman–Crippen MR) is 110 cm³/mol. The van der Waals surface area contributed by atoms with Crippen molar-refractivity contribution in [2.24, 2.45) is 0 Å². The molecule has 2 amide bonds. The lowest BCUT2D eigenvalue weighted by Gasteiger charge is -2.31. The number of amides is 2. The van der Waals surface area contributed by atoms with Gasteiger partial charge < -0.3 is 15.0 Å². The second kappa shape index (κ2) is 8.57. The van der Waals surface area contributed by atoms with Crippen LogP contribution in [0, 0.1) is 0 Å². The molecular weight excluding hydrogens is 352 g/mol. The topological polar surface area (TPSA) is 58.6 Å². The highest BCUT2D eigenvalue weighted by molar-refractivity contribution is 5.96. The Kier molecular flexibility index (Phi) is 6.15. The molecule has 1 saturated heterocycles. The van der Waals surface area contributed by atoms with Gasteiger partial charge in [0.2, 0.25) is 5.91 Å². The zero-order valence-electron chi connectivity index (χ0n) is 16.8. The summed E-state index contributed by atoms with van der Waals surface area (Å²) in [5, 5.41) is 2.94. The van der Waals surface area contributed by atoms with Crippen molar-refractivity contribution in [1.82, 2.24) is 4.90 Å². The predicted octanol–water partition coefficient (Wildman–Crippen LogP) is 3.85. The second-order valence-corrected chi connectivity index (χ2v) is 7.98. The van der Waals surface area contributed by atoms with Gasteiger partial charge in [-0.05, 0) is 42.2 Å². The Hall–Kier alpha value is -2.66. The van der Waals surface area contributed by atoms with Gasteiger partial charge in [0.05, 0.1) is 12.7 Å². The summed E-state index contributed by atoms with van der Waals surface area (Å²) in [7, 11) is 0. The summed E-state index contributed by atoms with van der Waals surface area (Å²) in [5.74, 6) is -0.0480. The van der Waals surface area contributed by atoms with E-state index in [1.165, 1.54) is 0 Å². The van der Waals surface area contributed by atoms with Gasteiger partial charge in [0.15, 0.2) is 0 Å². The van der Waals surface area contributed by atoms with E-state index in [0.29, 0.717) is 37.4 Å². The SMILES string of the molecule is CC1CN(C(=O)c2ccc(NC(=O)CC(C)(C)c3ccccc3)cc2)CCO1. The summed E-state index contributed by atoms with van der Waals surface area (Å²) >= 11 is 0. The van der Waals surface area contributed by atoms with E-state index in [4.69, 9.17) is 4.74 Å². The minimum Gasteiger partial charge on any atom is -0.375 e. The molecular formula is C23H28N2O3. The Morgan fingerprint density at radius 1 is 1.11 bits per heavy atom. The fourth-order valence-electron chi connectivity index (χ4n) is 3.48. The van der Waals surface area contributed by atoms with Gasteiger partial charge in [0.1, 0.15) is 0 Å². The number of rotatable bonds is 5. The lowest BCUT2D eigenvalue weighted by molar-refractivity contribution is -0.117. The lowest BCUT2D eigenvalue weighted by atomic mass is 9.81. The second-order valence-electron chi connectivity index (χ2n) is 7.98. The van der Waals surface area contributed by atoms with Gasteiger partial charge in [-0.3, -0.25) is 9.59 Å². The molecule has 3 rings (SSSR count). The molecule has 148 valence electrons. The maximum Gasteiger partial charge on any atom is 0.254 e. The van der Waals surface area contributed by atoms with Crippen LogP contribution in [-0.4, -0.2) is 42.5 Å². The molecule has 5 nitrogen and oxygen atoms in total. The number of nitrogens with zero attached hydrogens (tertiary/aromatic N) is 1. The van der Waals surface area contributed by atoms with Crippen LogP contribution in [0.5, 0.6) is 0 Å². The molecule has 0 bridgehead atoms. The van der Waals surface area contributed by atoms with Crippen molar-refractivity contribution >= 4 is 17.5 Å². The van der Waals surface area contributed by atoms with Crippen LogP contribution in [0.25, 0.3) is 0 Å². The molecule has 0 aliphatic carbocycles. The molecule has 1 fully saturated rings. The summed E-state index contributed by atoms with van der Waals surface area (Å²) in [6.45, 7) is 7.87. The summed E-state index contributed by atoms with van der Waals surface area (Å²) in [6, 6.07) is 17.1. The van der Waals surface area contributed by atoms with Crippen LogP contribution in [0.15, 0.2) is 54.6 Å². The van der Waals surface area contributed by atoms with Crippen molar-refractivity contribution in [3.63, 3.8) is 0 Å². The molecule has 28 heavy (non-hydrogen) atoms. The molecule has 1 aliphatic heterocycles. The van der Waals surface area contributed by atoms with E-state index in [9.17, 15) is 9.59 Å². The third-order valence-corrected chi connectivity index (χ3v) is 5.10. The maximum atomic E-state index is 12.6.